The first-order valence-corrected chi connectivity index (χ1v) is 12.1. The van der Waals surface area contributed by atoms with E-state index in [0.717, 1.165) is 11.3 Å². The van der Waals surface area contributed by atoms with E-state index in [0.29, 0.717) is 54.3 Å². The van der Waals surface area contributed by atoms with Gasteiger partial charge in [-0.2, -0.15) is 0 Å². The number of Topliss-reactive ketones (excluding diaryl/α,β-unsaturated/α-hetero) is 1. The van der Waals surface area contributed by atoms with E-state index in [1.165, 1.54) is 0 Å². The van der Waals surface area contributed by atoms with E-state index in [-0.39, 0.29) is 17.6 Å². The average Bonchev–Trinajstić information content (AvgIpc) is 2.92. The Morgan fingerprint density at radius 1 is 0.889 bits per heavy atom. The maximum absolute atomic E-state index is 13.2. The lowest BCUT2D eigenvalue weighted by Gasteiger charge is -2.25. The minimum absolute atomic E-state index is 0.00493. The zero-order valence-corrected chi connectivity index (χ0v) is 19.8. The van der Waals surface area contributed by atoms with Crippen molar-refractivity contribution in [2.75, 3.05) is 23.8 Å². The van der Waals surface area contributed by atoms with Gasteiger partial charge in [-0.15, -0.1) is 0 Å². The molecule has 0 spiro atoms. The second-order valence-electron chi connectivity index (χ2n) is 8.73. The van der Waals surface area contributed by atoms with Gasteiger partial charge in [-0.05, 0) is 48.2 Å². The van der Waals surface area contributed by atoms with E-state index in [9.17, 15) is 9.59 Å². The summed E-state index contributed by atoms with van der Waals surface area (Å²) in [5.41, 5.74) is 3.36. The maximum atomic E-state index is 13.2. The van der Waals surface area contributed by atoms with Crippen LogP contribution in [-0.2, 0) is 6.42 Å². The van der Waals surface area contributed by atoms with Gasteiger partial charge in [0.1, 0.15) is 18.2 Å². The van der Waals surface area contributed by atoms with E-state index in [1.54, 1.807) is 6.07 Å². The van der Waals surface area contributed by atoms with Crippen LogP contribution in [0.3, 0.4) is 0 Å². The third-order valence-corrected chi connectivity index (χ3v) is 6.23. The number of amides is 1. The van der Waals surface area contributed by atoms with Gasteiger partial charge in [-0.25, -0.2) is 4.98 Å². The Balaban J connectivity index is 1.40. The van der Waals surface area contributed by atoms with Crippen LogP contribution >= 0.6 is 0 Å². The SMILES string of the molecule is O=C1CC(c2ccccc2)Cc2nc(NCCOc3ccccc3)c(C(=O)Nc3ccccc3)cc21. The molecule has 36 heavy (non-hydrogen) atoms. The molecule has 1 aliphatic carbocycles. The van der Waals surface area contributed by atoms with Crippen LogP contribution < -0.4 is 15.4 Å². The standard InChI is InChI=1S/C30H27N3O3/c34-28-19-22(21-10-4-1-5-11-21)18-27-25(28)20-26(30(35)32-23-12-6-2-7-13-23)29(33-27)31-16-17-36-24-14-8-3-9-15-24/h1-15,20,22H,16-19H2,(H,31,33)(H,32,35). The summed E-state index contributed by atoms with van der Waals surface area (Å²) in [6, 6.07) is 30.5. The molecular formula is C30H27N3O3. The lowest BCUT2D eigenvalue weighted by molar-refractivity contribution is 0.0963. The molecule has 180 valence electrons. The Hall–Kier alpha value is -4.45. The van der Waals surface area contributed by atoms with Crippen molar-refractivity contribution in [3.63, 3.8) is 0 Å². The van der Waals surface area contributed by atoms with E-state index >= 15 is 0 Å². The first-order valence-electron chi connectivity index (χ1n) is 12.1. The van der Waals surface area contributed by atoms with Gasteiger partial charge in [-0.1, -0.05) is 66.7 Å². The van der Waals surface area contributed by atoms with Gasteiger partial charge in [-0.3, -0.25) is 9.59 Å². The largest absolute Gasteiger partial charge is 0.492 e. The summed E-state index contributed by atoms with van der Waals surface area (Å²) in [6.45, 7) is 0.844. The normalized spacial score (nSPS) is 14.6. The molecule has 3 aromatic carbocycles. The van der Waals surface area contributed by atoms with Crippen molar-refractivity contribution in [3.8, 4) is 5.75 Å². The summed E-state index contributed by atoms with van der Waals surface area (Å²) in [5.74, 6) is 0.972. The topological polar surface area (TPSA) is 80.3 Å². The number of rotatable bonds is 8. The van der Waals surface area contributed by atoms with Crippen LogP contribution in [0.2, 0.25) is 0 Å². The Labute approximate surface area is 210 Å². The number of anilines is 2. The predicted molar refractivity (Wildman–Crippen MR) is 141 cm³/mol. The van der Waals surface area contributed by atoms with Crippen LogP contribution in [0.5, 0.6) is 5.75 Å². The zero-order chi connectivity index (χ0) is 24.7. The summed E-state index contributed by atoms with van der Waals surface area (Å²) >= 11 is 0. The number of nitrogens with one attached hydrogen (secondary N) is 2. The molecule has 1 aromatic heterocycles. The number of ether oxygens (including phenoxy) is 1. The molecule has 0 saturated heterocycles. The summed E-state index contributed by atoms with van der Waals surface area (Å²) in [6.07, 6.45) is 1.04. The quantitative estimate of drug-likeness (QED) is 0.317. The summed E-state index contributed by atoms with van der Waals surface area (Å²) in [7, 11) is 0. The lowest BCUT2D eigenvalue weighted by Crippen LogP contribution is -2.24. The third-order valence-electron chi connectivity index (χ3n) is 6.23. The molecule has 0 bridgehead atoms. The molecule has 4 aromatic rings. The highest BCUT2D eigenvalue weighted by atomic mass is 16.5. The van der Waals surface area contributed by atoms with Crippen molar-refractivity contribution in [2.24, 2.45) is 0 Å². The van der Waals surface area contributed by atoms with Gasteiger partial charge in [0.25, 0.3) is 5.91 Å². The fourth-order valence-corrected chi connectivity index (χ4v) is 4.43. The minimum atomic E-state index is -0.319. The highest BCUT2D eigenvalue weighted by molar-refractivity contribution is 6.10. The van der Waals surface area contributed by atoms with Crippen molar-refractivity contribution in [2.45, 2.75) is 18.8 Å². The molecule has 0 radical (unpaired) electrons. The Bertz CT molecular complexity index is 1340. The first-order chi connectivity index (χ1) is 17.7. The Morgan fingerprint density at radius 3 is 2.28 bits per heavy atom. The summed E-state index contributed by atoms with van der Waals surface area (Å²) < 4.78 is 5.78. The van der Waals surface area contributed by atoms with Gasteiger partial charge in [0.15, 0.2) is 5.78 Å². The molecule has 1 aliphatic rings. The van der Waals surface area contributed by atoms with Crippen molar-refractivity contribution >= 4 is 23.2 Å². The maximum Gasteiger partial charge on any atom is 0.259 e. The Morgan fingerprint density at radius 2 is 1.56 bits per heavy atom. The van der Waals surface area contributed by atoms with Crippen LogP contribution in [0.25, 0.3) is 0 Å². The number of nitrogens with zero attached hydrogens (tertiary/aromatic N) is 1. The molecule has 0 aliphatic heterocycles. The number of pyridine rings is 1. The second kappa shape index (κ2) is 10.9. The molecule has 2 N–H and O–H groups in total. The molecule has 1 unspecified atom stereocenters. The van der Waals surface area contributed by atoms with Crippen LogP contribution in [0.4, 0.5) is 11.5 Å². The molecule has 1 atom stereocenters. The van der Waals surface area contributed by atoms with Crippen LogP contribution in [0, 0.1) is 0 Å². The van der Waals surface area contributed by atoms with Crippen molar-refractivity contribution in [1.29, 1.82) is 0 Å². The summed E-state index contributed by atoms with van der Waals surface area (Å²) in [4.78, 5) is 31.2. The van der Waals surface area contributed by atoms with E-state index in [4.69, 9.17) is 9.72 Å². The van der Waals surface area contributed by atoms with Crippen molar-refractivity contribution < 1.29 is 14.3 Å². The van der Waals surface area contributed by atoms with Gasteiger partial charge in [0.05, 0.1) is 17.8 Å². The summed E-state index contributed by atoms with van der Waals surface area (Å²) in [5, 5.41) is 6.17. The number of para-hydroxylation sites is 2. The third kappa shape index (κ3) is 5.44. The fourth-order valence-electron chi connectivity index (χ4n) is 4.43. The van der Waals surface area contributed by atoms with Crippen molar-refractivity contribution in [3.05, 3.63) is 119 Å². The van der Waals surface area contributed by atoms with Crippen LogP contribution in [0.15, 0.2) is 97.1 Å². The lowest BCUT2D eigenvalue weighted by atomic mass is 9.81. The number of hydrogen-bond acceptors (Lipinski definition) is 5. The van der Waals surface area contributed by atoms with Gasteiger partial charge in [0.2, 0.25) is 0 Å². The number of carbonyl (C=O) groups is 2. The van der Waals surface area contributed by atoms with E-state index in [1.807, 2.05) is 91.0 Å². The van der Waals surface area contributed by atoms with E-state index in [2.05, 4.69) is 10.6 Å². The smallest absolute Gasteiger partial charge is 0.259 e. The molecule has 6 nitrogen and oxygen atoms in total. The Kier molecular flexibility index (Phi) is 7.03. The molecule has 0 saturated carbocycles. The van der Waals surface area contributed by atoms with Gasteiger partial charge >= 0.3 is 0 Å². The zero-order valence-electron chi connectivity index (χ0n) is 19.8. The molecule has 1 heterocycles. The average molecular weight is 478 g/mol. The van der Waals surface area contributed by atoms with Crippen LogP contribution in [0.1, 0.15) is 44.3 Å². The van der Waals surface area contributed by atoms with Crippen LogP contribution in [-0.4, -0.2) is 29.8 Å². The highest BCUT2D eigenvalue weighted by Gasteiger charge is 2.30. The molecule has 6 heteroatoms. The number of hydrogen-bond donors (Lipinski definition) is 2. The van der Waals surface area contributed by atoms with Gasteiger partial charge in [0, 0.05) is 17.7 Å². The second-order valence-corrected chi connectivity index (χ2v) is 8.73. The first kappa shape index (κ1) is 23.3. The molecule has 1 amide bonds. The fraction of sp³-hybridized carbons (Fsp3) is 0.167. The minimum Gasteiger partial charge on any atom is -0.492 e. The van der Waals surface area contributed by atoms with Crippen molar-refractivity contribution in [1.82, 2.24) is 4.98 Å². The highest BCUT2D eigenvalue weighted by Crippen LogP contribution is 2.34. The number of aromatic nitrogens is 1. The molecular weight excluding hydrogens is 450 g/mol. The number of benzene rings is 3. The molecule has 0 fully saturated rings. The van der Waals surface area contributed by atoms with Gasteiger partial charge < -0.3 is 15.4 Å². The number of fused-ring (bicyclic) bond motifs is 1. The number of carbonyl (C=O) groups excluding carboxylic acids is 2. The number of ketones is 1. The predicted octanol–water partition coefficient (Wildman–Crippen LogP) is 5.74. The monoisotopic (exact) mass is 477 g/mol. The van der Waals surface area contributed by atoms with E-state index < -0.39 is 0 Å². The molecule has 5 rings (SSSR count).